The second kappa shape index (κ2) is 8.35. The zero-order valence-electron chi connectivity index (χ0n) is 15.7. The molecule has 3 aliphatic rings. The maximum atomic E-state index is 12.7. The van der Waals surface area contributed by atoms with Crippen molar-refractivity contribution in [1.82, 2.24) is 15.5 Å². The number of likely N-dealkylation sites (N-methyl/N-ethyl adjacent to an activating group) is 1. The SMILES string of the molecule is CN(C)C/C=C/C(=O)NC1CCCCC1NC(=O)C1CC2CCC1C2. The Morgan fingerprint density at radius 3 is 2.32 bits per heavy atom. The second-order valence-corrected chi connectivity index (χ2v) is 8.46. The van der Waals surface area contributed by atoms with E-state index < -0.39 is 0 Å². The van der Waals surface area contributed by atoms with Crippen molar-refractivity contribution >= 4 is 11.8 Å². The number of amides is 2. The molecule has 5 atom stereocenters. The van der Waals surface area contributed by atoms with E-state index in [0.29, 0.717) is 5.92 Å². The van der Waals surface area contributed by atoms with Crippen LogP contribution in [0.4, 0.5) is 0 Å². The highest BCUT2D eigenvalue weighted by atomic mass is 16.2. The van der Waals surface area contributed by atoms with Crippen LogP contribution >= 0.6 is 0 Å². The fourth-order valence-electron chi connectivity index (χ4n) is 4.93. The lowest BCUT2D eigenvalue weighted by atomic mass is 9.86. The highest BCUT2D eigenvalue weighted by Gasteiger charge is 2.43. The molecule has 2 N–H and O–H groups in total. The zero-order valence-corrected chi connectivity index (χ0v) is 15.7. The molecule has 2 amide bonds. The fraction of sp³-hybridized carbons (Fsp3) is 0.800. The summed E-state index contributed by atoms with van der Waals surface area (Å²) in [6.07, 6.45) is 12.5. The van der Waals surface area contributed by atoms with Crippen LogP contribution in [0, 0.1) is 17.8 Å². The van der Waals surface area contributed by atoms with Gasteiger partial charge in [-0.25, -0.2) is 0 Å². The molecule has 3 saturated carbocycles. The summed E-state index contributed by atoms with van der Waals surface area (Å²) in [6, 6.07) is 0.152. The van der Waals surface area contributed by atoms with Gasteiger partial charge in [-0.15, -0.1) is 0 Å². The van der Waals surface area contributed by atoms with Crippen LogP contribution in [0.1, 0.15) is 51.4 Å². The Kier molecular flexibility index (Phi) is 6.15. The van der Waals surface area contributed by atoms with E-state index >= 15 is 0 Å². The summed E-state index contributed by atoms with van der Waals surface area (Å²) in [7, 11) is 3.95. The van der Waals surface area contributed by atoms with Gasteiger partial charge in [0.15, 0.2) is 0 Å². The molecule has 5 unspecified atom stereocenters. The third-order valence-electron chi connectivity index (χ3n) is 6.24. The Labute approximate surface area is 151 Å². The van der Waals surface area contributed by atoms with E-state index in [0.717, 1.165) is 44.6 Å². The Balaban J connectivity index is 1.51. The van der Waals surface area contributed by atoms with E-state index in [1.807, 2.05) is 25.1 Å². The molecular formula is C20H33N3O2. The van der Waals surface area contributed by atoms with Crippen molar-refractivity contribution in [2.75, 3.05) is 20.6 Å². The number of hydrogen-bond donors (Lipinski definition) is 2. The highest BCUT2D eigenvalue weighted by molar-refractivity contribution is 5.88. The monoisotopic (exact) mass is 347 g/mol. The van der Waals surface area contributed by atoms with Gasteiger partial charge in [-0.1, -0.05) is 25.3 Å². The smallest absolute Gasteiger partial charge is 0.243 e. The van der Waals surface area contributed by atoms with E-state index in [9.17, 15) is 9.59 Å². The van der Waals surface area contributed by atoms with Gasteiger partial charge >= 0.3 is 0 Å². The molecule has 3 rings (SSSR count). The Morgan fingerprint density at radius 1 is 1.00 bits per heavy atom. The summed E-state index contributed by atoms with van der Waals surface area (Å²) in [4.78, 5) is 26.9. The lowest BCUT2D eigenvalue weighted by molar-refractivity contribution is -0.128. The molecule has 2 bridgehead atoms. The number of carbonyl (C=O) groups excluding carboxylic acids is 2. The predicted octanol–water partition coefficient (Wildman–Crippen LogP) is 2.08. The maximum Gasteiger partial charge on any atom is 0.243 e. The van der Waals surface area contributed by atoms with E-state index in [1.165, 1.54) is 19.3 Å². The van der Waals surface area contributed by atoms with Crippen molar-refractivity contribution in [1.29, 1.82) is 0 Å². The van der Waals surface area contributed by atoms with Crippen molar-refractivity contribution in [3.8, 4) is 0 Å². The molecule has 0 heterocycles. The molecule has 3 fully saturated rings. The van der Waals surface area contributed by atoms with Crippen LogP contribution in [0.25, 0.3) is 0 Å². The Bertz CT molecular complexity index is 517. The van der Waals surface area contributed by atoms with Gasteiger partial charge in [-0.05, 0) is 58.0 Å². The quantitative estimate of drug-likeness (QED) is 0.723. The van der Waals surface area contributed by atoms with Crippen molar-refractivity contribution in [3.05, 3.63) is 12.2 Å². The summed E-state index contributed by atoms with van der Waals surface area (Å²) in [5, 5.41) is 6.40. The number of nitrogens with one attached hydrogen (secondary N) is 2. The molecule has 25 heavy (non-hydrogen) atoms. The molecule has 5 heteroatoms. The lowest BCUT2D eigenvalue weighted by Crippen LogP contribution is -2.54. The van der Waals surface area contributed by atoms with Crippen molar-refractivity contribution in [2.45, 2.75) is 63.5 Å². The first-order chi connectivity index (χ1) is 12.0. The van der Waals surface area contributed by atoms with Crippen LogP contribution in [0.15, 0.2) is 12.2 Å². The van der Waals surface area contributed by atoms with E-state index in [1.54, 1.807) is 6.08 Å². The van der Waals surface area contributed by atoms with Gasteiger partial charge in [0.1, 0.15) is 0 Å². The Hall–Kier alpha value is -1.36. The van der Waals surface area contributed by atoms with Gasteiger partial charge < -0.3 is 15.5 Å². The molecule has 0 spiro atoms. The van der Waals surface area contributed by atoms with Gasteiger partial charge in [0, 0.05) is 30.6 Å². The fourth-order valence-corrected chi connectivity index (χ4v) is 4.93. The van der Waals surface area contributed by atoms with Gasteiger partial charge in [-0.2, -0.15) is 0 Å². The van der Waals surface area contributed by atoms with Crippen LogP contribution in [0.3, 0.4) is 0 Å². The molecule has 3 aliphatic carbocycles. The van der Waals surface area contributed by atoms with Crippen LogP contribution in [0.2, 0.25) is 0 Å². The predicted molar refractivity (Wildman–Crippen MR) is 99.0 cm³/mol. The van der Waals surface area contributed by atoms with Gasteiger partial charge in [0.2, 0.25) is 11.8 Å². The average Bonchev–Trinajstić information content (AvgIpc) is 3.19. The number of fused-ring (bicyclic) bond motifs is 2. The number of rotatable bonds is 6. The van der Waals surface area contributed by atoms with Crippen LogP contribution in [0.5, 0.6) is 0 Å². The Morgan fingerprint density at radius 2 is 1.72 bits per heavy atom. The number of nitrogens with zero attached hydrogens (tertiary/aromatic N) is 1. The summed E-state index contributed by atoms with van der Waals surface area (Å²) in [5.74, 6) is 1.80. The molecule has 0 aromatic carbocycles. The molecule has 0 radical (unpaired) electrons. The van der Waals surface area contributed by atoms with Crippen LogP contribution in [-0.4, -0.2) is 49.4 Å². The van der Waals surface area contributed by atoms with E-state index in [2.05, 4.69) is 10.6 Å². The van der Waals surface area contributed by atoms with Crippen LogP contribution in [-0.2, 0) is 9.59 Å². The molecule has 5 nitrogen and oxygen atoms in total. The van der Waals surface area contributed by atoms with Crippen molar-refractivity contribution in [2.24, 2.45) is 17.8 Å². The lowest BCUT2D eigenvalue weighted by Gasteiger charge is -2.34. The highest BCUT2D eigenvalue weighted by Crippen LogP contribution is 2.48. The summed E-state index contributed by atoms with van der Waals surface area (Å²) >= 11 is 0. The molecule has 0 aromatic rings. The summed E-state index contributed by atoms with van der Waals surface area (Å²) in [5.41, 5.74) is 0. The minimum atomic E-state index is -0.0482. The third-order valence-corrected chi connectivity index (χ3v) is 6.24. The van der Waals surface area contributed by atoms with Crippen LogP contribution < -0.4 is 10.6 Å². The first-order valence-electron chi connectivity index (χ1n) is 9.95. The van der Waals surface area contributed by atoms with Gasteiger partial charge in [0.05, 0.1) is 0 Å². The normalized spacial score (nSPS) is 34.6. The zero-order chi connectivity index (χ0) is 17.8. The first kappa shape index (κ1) is 18.4. The average molecular weight is 348 g/mol. The minimum Gasteiger partial charge on any atom is -0.351 e. The van der Waals surface area contributed by atoms with Crippen molar-refractivity contribution in [3.63, 3.8) is 0 Å². The third kappa shape index (κ3) is 4.84. The maximum absolute atomic E-state index is 12.7. The topological polar surface area (TPSA) is 61.4 Å². The molecule has 0 aliphatic heterocycles. The van der Waals surface area contributed by atoms with Gasteiger partial charge in [-0.3, -0.25) is 9.59 Å². The van der Waals surface area contributed by atoms with E-state index in [-0.39, 0.29) is 29.8 Å². The second-order valence-electron chi connectivity index (χ2n) is 8.46. The molecule has 0 saturated heterocycles. The minimum absolute atomic E-state index is 0.0482. The molecule has 0 aromatic heterocycles. The van der Waals surface area contributed by atoms with Gasteiger partial charge in [0.25, 0.3) is 0 Å². The summed E-state index contributed by atoms with van der Waals surface area (Å²) < 4.78 is 0. The number of carbonyl (C=O) groups is 2. The van der Waals surface area contributed by atoms with Crippen molar-refractivity contribution < 1.29 is 9.59 Å². The van der Waals surface area contributed by atoms with E-state index in [4.69, 9.17) is 0 Å². The molecule has 140 valence electrons. The number of hydrogen-bond acceptors (Lipinski definition) is 3. The standard InChI is InChI=1S/C20H33N3O2/c1-23(2)11-5-8-19(24)21-17-6-3-4-7-18(17)22-20(25)16-13-14-9-10-15(16)12-14/h5,8,14-18H,3-4,6-7,9-13H2,1-2H3,(H,21,24)(H,22,25)/b8-5+. The molecular weight excluding hydrogens is 314 g/mol. The first-order valence-corrected chi connectivity index (χ1v) is 9.95. The summed E-state index contributed by atoms with van der Waals surface area (Å²) in [6.45, 7) is 0.752. The largest absolute Gasteiger partial charge is 0.351 e.